The highest BCUT2D eigenvalue weighted by molar-refractivity contribution is 6.00. The van der Waals surface area contributed by atoms with E-state index in [0.29, 0.717) is 0 Å². The first-order chi connectivity index (χ1) is 19.9. The van der Waals surface area contributed by atoms with Gasteiger partial charge in [0.1, 0.15) is 22.0 Å². The number of ether oxygens (including phenoxy) is 2. The summed E-state index contributed by atoms with van der Waals surface area (Å²) in [6.07, 6.45) is 0. The zero-order chi connectivity index (χ0) is 29.7. The van der Waals surface area contributed by atoms with Crippen molar-refractivity contribution in [2.24, 2.45) is 0 Å². The van der Waals surface area contributed by atoms with Gasteiger partial charge >= 0.3 is 11.9 Å². The molecule has 4 bridgehead atoms. The van der Waals surface area contributed by atoms with Crippen molar-refractivity contribution < 1.29 is 19.1 Å². The molecule has 0 heterocycles. The molecule has 212 valence electrons. The lowest BCUT2D eigenvalue weighted by atomic mass is 9.42. The molecule has 4 heteroatoms. The molecule has 0 spiro atoms. The predicted octanol–water partition coefficient (Wildman–Crippen LogP) is 7.55. The van der Waals surface area contributed by atoms with Gasteiger partial charge in [0.15, 0.2) is 0 Å². The summed E-state index contributed by atoms with van der Waals surface area (Å²) in [5.74, 6) is -1.43. The summed E-state index contributed by atoms with van der Waals surface area (Å²) >= 11 is 0. The minimum atomic E-state index is -1.18. The zero-order valence-electron chi connectivity index (χ0n) is 25.0. The third-order valence-electron chi connectivity index (χ3n) is 9.09. The van der Waals surface area contributed by atoms with Crippen LogP contribution in [-0.4, -0.2) is 23.1 Å². The molecule has 0 N–H and O–H groups in total. The molecule has 6 aliphatic rings. The number of hydrogen-bond acceptors (Lipinski definition) is 4. The summed E-state index contributed by atoms with van der Waals surface area (Å²) < 4.78 is 12.8. The van der Waals surface area contributed by atoms with E-state index in [4.69, 9.17) is 9.47 Å². The Kier molecular flexibility index (Phi) is 5.51. The van der Waals surface area contributed by atoms with E-state index >= 15 is 9.59 Å². The first kappa shape index (κ1) is 26.7. The highest BCUT2D eigenvalue weighted by Crippen LogP contribution is 2.69. The van der Waals surface area contributed by atoms with Crippen LogP contribution in [0.15, 0.2) is 97.1 Å². The lowest BCUT2D eigenvalue weighted by Crippen LogP contribution is -2.60. The summed E-state index contributed by atoms with van der Waals surface area (Å²) in [5, 5.41) is 0. The topological polar surface area (TPSA) is 52.6 Å². The summed E-state index contributed by atoms with van der Waals surface area (Å²) in [6, 6.07) is 32.6. The molecule has 0 unspecified atom stereocenters. The Labute approximate surface area is 247 Å². The Bertz CT molecular complexity index is 1540. The maximum atomic E-state index is 15.1. The molecular weight excluding hydrogens is 520 g/mol. The van der Waals surface area contributed by atoms with Crippen LogP contribution < -0.4 is 0 Å². The van der Waals surface area contributed by atoms with Crippen molar-refractivity contribution in [3.63, 3.8) is 0 Å². The van der Waals surface area contributed by atoms with Gasteiger partial charge < -0.3 is 9.47 Å². The Morgan fingerprint density at radius 1 is 0.476 bits per heavy atom. The molecule has 0 fully saturated rings. The highest BCUT2D eigenvalue weighted by Gasteiger charge is 2.68. The van der Waals surface area contributed by atoms with Gasteiger partial charge in [0.2, 0.25) is 0 Å². The molecule has 0 amide bonds. The van der Waals surface area contributed by atoms with Gasteiger partial charge in [0.05, 0.1) is 0 Å². The van der Waals surface area contributed by atoms with Crippen molar-refractivity contribution in [2.45, 2.75) is 75.4 Å². The Balaban J connectivity index is 1.73. The lowest BCUT2D eigenvalue weighted by Gasteiger charge is -2.58. The second-order valence-electron chi connectivity index (χ2n) is 13.8. The molecule has 4 aromatic carbocycles. The van der Waals surface area contributed by atoms with E-state index in [1.165, 1.54) is 0 Å². The fraction of sp³-hybridized carbons (Fsp3) is 0.316. The number of hydrogen-bond donors (Lipinski definition) is 0. The van der Waals surface area contributed by atoms with Crippen molar-refractivity contribution >= 4 is 11.9 Å². The average Bonchev–Trinajstić information content (AvgIpc) is 2.92. The van der Waals surface area contributed by atoms with Gasteiger partial charge in [-0.1, -0.05) is 97.1 Å². The molecule has 4 aromatic rings. The van der Waals surface area contributed by atoms with E-state index in [2.05, 4.69) is 48.5 Å². The number of esters is 2. The van der Waals surface area contributed by atoms with Gasteiger partial charge in [-0.25, -0.2) is 0 Å². The van der Waals surface area contributed by atoms with Crippen molar-refractivity contribution in [1.29, 1.82) is 0 Å². The Morgan fingerprint density at radius 3 is 0.952 bits per heavy atom. The normalized spacial score (nSPS) is 24.8. The van der Waals surface area contributed by atoms with Gasteiger partial charge in [0.25, 0.3) is 0 Å². The molecule has 0 saturated heterocycles. The molecule has 0 aliphatic heterocycles. The third-order valence-corrected chi connectivity index (χ3v) is 9.09. The fourth-order valence-corrected chi connectivity index (χ4v) is 8.00. The molecular formula is C38H36O4. The molecule has 0 aromatic heterocycles. The first-order valence-corrected chi connectivity index (χ1v) is 14.8. The van der Waals surface area contributed by atoms with Crippen LogP contribution in [-0.2, 0) is 29.9 Å². The Morgan fingerprint density at radius 2 is 0.714 bits per heavy atom. The van der Waals surface area contributed by atoms with Crippen LogP contribution in [0.1, 0.15) is 97.9 Å². The molecule has 6 aliphatic carbocycles. The quantitative estimate of drug-likeness (QED) is 0.239. The van der Waals surface area contributed by atoms with Gasteiger partial charge in [-0.3, -0.25) is 9.59 Å². The fourth-order valence-electron chi connectivity index (χ4n) is 8.00. The van der Waals surface area contributed by atoms with E-state index in [9.17, 15) is 0 Å². The number of carbonyl (C=O) groups excluding carboxylic acids is 2. The lowest BCUT2D eigenvalue weighted by molar-refractivity contribution is -0.162. The minimum Gasteiger partial charge on any atom is -0.459 e. The van der Waals surface area contributed by atoms with Crippen LogP contribution in [0.3, 0.4) is 0 Å². The summed E-state index contributed by atoms with van der Waals surface area (Å²) in [5.41, 5.74) is 3.65. The highest BCUT2D eigenvalue weighted by atomic mass is 16.6. The maximum Gasteiger partial charge on any atom is 0.322 e. The van der Waals surface area contributed by atoms with Crippen molar-refractivity contribution in [3.05, 3.63) is 142 Å². The monoisotopic (exact) mass is 556 g/mol. The van der Waals surface area contributed by atoms with Crippen molar-refractivity contribution in [3.8, 4) is 0 Å². The van der Waals surface area contributed by atoms with E-state index in [1.807, 2.05) is 90.1 Å². The molecule has 0 atom stereocenters. The number of rotatable bonds is 2. The van der Waals surface area contributed by atoms with E-state index in [1.54, 1.807) is 0 Å². The summed E-state index contributed by atoms with van der Waals surface area (Å²) in [4.78, 5) is 30.2. The molecule has 0 saturated carbocycles. The Hall–Kier alpha value is -4.18. The smallest absolute Gasteiger partial charge is 0.322 e. The van der Waals surface area contributed by atoms with Gasteiger partial charge in [-0.05, 0) is 86.1 Å². The molecule has 0 radical (unpaired) electrons. The van der Waals surface area contributed by atoms with Gasteiger partial charge in [-0.2, -0.15) is 0 Å². The van der Waals surface area contributed by atoms with Crippen LogP contribution in [0.4, 0.5) is 0 Å². The number of benzene rings is 4. The maximum absolute atomic E-state index is 15.1. The summed E-state index contributed by atoms with van der Waals surface area (Å²) in [7, 11) is 0. The van der Waals surface area contributed by atoms with Crippen LogP contribution in [0, 0.1) is 0 Å². The summed E-state index contributed by atoms with van der Waals surface area (Å²) in [6.45, 7) is 11.5. The van der Waals surface area contributed by atoms with Crippen LogP contribution >= 0.6 is 0 Å². The average molecular weight is 557 g/mol. The number of carbonyl (C=O) groups is 2. The van der Waals surface area contributed by atoms with E-state index < -0.39 is 33.9 Å². The standard InChI is InChI=1S/C38H36O4/c1-35(2,3)41-33(39)37-27-19-11-7-15-23(27)32(24-16-8-12-20-28(24)37)38(34(40)42-36(4,5)6)29-21-13-9-17-25(29)31(37)26-18-10-14-22-30(26)38/h7-22,31-32H,1-6H3. The van der Waals surface area contributed by atoms with Crippen LogP contribution in [0.2, 0.25) is 0 Å². The van der Waals surface area contributed by atoms with Crippen LogP contribution in [0.25, 0.3) is 0 Å². The van der Waals surface area contributed by atoms with Gasteiger partial charge in [-0.15, -0.1) is 0 Å². The van der Waals surface area contributed by atoms with Crippen molar-refractivity contribution in [2.75, 3.05) is 0 Å². The second-order valence-corrected chi connectivity index (χ2v) is 13.8. The zero-order valence-corrected chi connectivity index (χ0v) is 25.0. The first-order valence-electron chi connectivity index (χ1n) is 14.8. The van der Waals surface area contributed by atoms with E-state index in [-0.39, 0.29) is 11.9 Å². The largest absolute Gasteiger partial charge is 0.459 e. The van der Waals surface area contributed by atoms with Crippen LogP contribution in [0.5, 0.6) is 0 Å². The molecule has 4 nitrogen and oxygen atoms in total. The SMILES string of the molecule is CC(C)(C)OC(=O)C12c3ccccc3C(c3ccccc31)C1(C(=O)OC(C)(C)C)c3ccccc3C2c2ccccc21. The second kappa shape index (κ2) is 8.67. The molecule has 10 rings (SSSR count). The third kappa shape index (κ3) is 3.35. The van der Waals surface area contributed by atoms with Crippen molar-refractivity contribution in [1.82, 2.24) is 0 Å². The van der Waals surface area contributed by atoms with Gasteiger partial charge in [0, 0.05) is 11.8 Å². The minimum absolute atomic E-state index is 0.283. The van der Waals surface area contributed by atoms with E-state index in [0.717, 1.165) is 44.5 Å². The molecule has 42 heavy (non-hydrogen) atoms. The predicted molar refractivity (Wildman–Crippen MR) is 163 cm³/mol.